The molecule has 0 atom stereocenters. The second-order valence-electron chi connectivity index (χ2n) is 7.94. The van der Waals surface area contributed by atoms with Gasteiger partial charge < -0.3 is 0 Å². The molecule has 24 heavy (non-hydrogen) atoms. The Morgan fingerprint density at radius 3 is 2.17 bits per heavy atom. The van der Waals surface area contributed by atoms with Crippen LogP contribution in [0.1, 0.15) is 54.4 Å². The monoisotopic (exact) mass is 312 g/mol. The number of fused-ring (bicyclic) bond motifs is 6. The largest absolute Gasteiger partial charge is 0.0587 e. The minimum Gasteiger partial charge on any atom is -0.0587 e. The molecule has 2 aliphatic carbocycles. The first-order valence-corrected chi connectivity index (χ1v) is 9.34. The summed E-state index contributed by atoms with van der Waals surface area (Å²) in [5, 5.41) is 2.78. The SMILES string of the molecule is Cc1ccc2c(c1)C1(CCCCC1)c1cc3cc(C)ccc3cc1-2. The van der Waals surface area contributed by atoms with Crippen molar-refractivity contribution in [3.05, 3.63) is 70.8 Å². The Morgan fingerprint density at radius 1 is 0.625 bits per heavy atom. The Hall–Kier alpha value is -2.08. The third-order valence-electron chi connectivity index (χ3n) is 6.34. The Balaban J connectivity index is 1.86. The van der Waals surface area contributed by atoms with Crippen LogP contribution in [0, 0.1) is 13.8 Å². The van der Waals surface area contributed by atoms with Crippen molar-refractivity contribution in [3.8, 4) is 11.1 Å². The first-order valence-electron chi connectivity index (χ1n) is 9.34. The highest BCUT2D eigenvalue weighted by Crippen LogP contribution is 2.56. The second kappa shape index (κ2) is 4.96. The summed E-state index contributed by atoms with van der Waals surface area (Å²) in [7, 11) is 0. The fourth-order valence-electron chi connectivity index (χ4n) is 5.16. The van der Waals surface area contributed by atoms with Gasteiger partial charge in [-0.3, -0.25) is 0 Å². The number of hydrogen-bond acceptors (Lipinski definition) is 0. The van der Waals surface area contributed by atoms with E-state index in [-0.39, 0.29) is 5.41 Å². The Kier molecular flexibility index (Phi) is 2.95. The van der Waals surface area contributed by atoms with Crippen molar-refractivity contribution in [2.75, 3.05) is 0 Å². The molecule has 1 fully saturated rings. The zero-order chi connectivity index (χ0) is 16.3. The molecule has 0 saturated heterocycles. The number of benzene rings is 3. The predicted molar refractivity (Wildman–Crippen MR) is 103 cm³/mol. The van der Waals surface area contributed by atoms with Gasteiger partial charge in [-0.05, 0) is 71.8 Å². The smallest absolute Gasteiger partial charge is 0.0215 e. The second-order valence-corrected chi connectivity index (χ2v) is 7.94. The van der Waals surface area contributed by atoms with Gasteiger partial charge in [0.1, 0.15) is 0 Å². The molecule has 0 N–H and O–H groups in total. The number of rotatable bonds is 0. The molecule has 120 valence electrons. The molecule has 0 unspecified atom stereocenters. The molecule has 1 spiro atoms. The van der Waals surface area contributed by atoms with Crippen molar-refractivity contribution in [1.29, 1.82) is 0 Å². The fraction of sp³-hybridized carbons (Fsp3) is 0.333. The maximum atomic E-state index is 2.51. The summed E-state index contributed by atoms with van der Waals surface area (Å²) < 4.78 is 0. The van der Waals surface area contributed by atoms with Crippen LogP contribution in [0.4, 0.5) is 0 Å². The normalized spacial score (nSPS) is 17.9. The summed E-state index contributed by atoms with van der Waals surface area (Å²) in [6, 6.07) is 18.9. The first kappa shape index (κ1) is 14.3. The fourth-order valence-corrected chi connectivity index (χ4v) is 5.16. The highest BCUT2D eigenvalue weighted by Gasteiger charge is 2.43. The van der Waals surface area contributed by atoms with Crippen LogP contribution in [0.15, 0.2) is 48.5 Å². The van der Waals surface area contributed by atoms with Crippen LogP contribution >= 0.6 is 0 Å². The summed E-state index contributed by atoms with van der Waals surface area (Å²) in [6.45, 7) is 4.43. The molecule has 0 aliphatic heterocycles. The standard InChI is InChI=1S/C24H24/c1-16-6-8-18-14-21-20-9-7-17(2)13-22(20)24(10-4-3-5-11-24)23(21)15-19(18)12-16/h6-9,12-15H,3-5,10-11H2,1-2H3. The molecule has 0 aromatic heterocycles. The maximum absolute atomic E-state index is 2.51. The van der Waals surface area contributed by atoms with E-state index in [1.807, 2.05) is 0 Å². The molecule has 0 bridgehead atoms. The van der Waals surface area contributed by atoms with Crippen molar-refractivity contribution in [1.82, 2.24) is 0 Å². The molecular formula is C24H24. The Bertz CT molecular complexity index is 955. The third-order valence-corrected chi connectivity index (χ3v) is 6.34. The molecule has 1 saturated carbocycles. The van der Waals surface area contributed by atoms with Crippen molar-refractivity contribution in [3.63, 3.8) is 0 Å². The summed E-state index contributed by atoms with van der Waals surface area (Å²) in [4.78, 5) is 0. The predicted octanol–water partition coefficient (Wildman–Crippen LogP) is 6.69. The molecule has 3 aromatic carbocycles. The van der Waals surface area contributed by atoms with E-state index >= 15 is 0 Å². The average molecular weight is 312 g/mol. The van der Waals surface area contributed by atoms with E-state index in [4.69, 9.17) is 0 Å². The van der Waals surface area contributed by atoms with Gasteiger partial charge in [-0.2, -0.15) is 0 Å². The highest BCUT2D eigenvalue weighted by molar-refractivity contribution is 5.94. The lowest BCUT2D eigenvalue weighted by atomic mass is 9.67. The van der Waals surface area contributed by atoms with E-state index in [1.54, 1.807) is 11.1 Å². The molecule has 0 radical (unpaired) electrons. The molecule has 0 nitrogen and oxygen atoms in total. The molecule has 3 aromatic rings. The summed E-state index contributed by atoms with van der Waals surface area (Å²) >= 11 is 0. The molecular weight excluding hydrogens is 288 g/mol. The van der Waals surface area contributed by atoms with Crippen LogP contribution in [0.5, 0.6) is 0 Å². The number of aryl methyl sites for hydroxylation is 2. The minimum atomic E-state index is 0.271. The van der Waals surface area contributed by atoms with Gasteiger partial charge in [-0.15, -0.1) is 0 Å². The topological polar surface area (TPSA) is 0 Å². The van der Waals surface area contributed by atoms with Crippen molar-refractivity contribution in [2.24, 2.45) is 0 Å². The lowest BCUT2D eigenvalue weighted by Gasteiger charge is -2.36. The molecule has 2 aliphatic rings. The van der Waals surface area contributed by atoms with Gasteiger partial charge >= 0.3 is 0 Å². The van der Waals surface area contributed by atoms with Crippen LogP contribution < -0.4 is 0 Å². The van der Waals surface area contributed by atoms with Gasteiger partial charge in [0.15, 0.2) is 0 Å². The highest BCUT2D eigenvalue weighted by atomic mass is 14.5. The van der Waals surface area contributed by atoms with Crippen molar-refractivity contribution in [2.45, 2.75) is 51.4 Å². The lowest BCUT2D eigenvalue weighted by Crippen LogP contribution is -2.28. The van der Waals surface area contributed by atoms with E-state index in [2.05, 4.69) is 62.4 Å². The Morgan fingerprint density at radius 2 is 1.33 bits per heavy atom. The van der Waals surface area contributed by atoms with Gasteiger partial charge in [0.2, 0.25) is 0 Å². The Labute approximate surface area is 144 Å². The zero-order valence-electron chi connectivity index (χ0n) is 14.7. The minimum absolute atomic E-state index is 0.271. The van der Waals surface area contributed by atoms with Gasteiger partial charge in [-0.1, -0.05) is 66.8 Å². The maximum Gasteiger partial charge on any atom is 0.0215 e. The summed E-state index contributed by atoms with van der Waals surface area (Å²) in [5.41, 5.74) is 9.19. The average Bonchev–Trinajstić information content (AvgIpc) is 2.83. The zero-order valence-corrected chi connectivity index (χ0v) is 14.7. The van der Waals surface area contributed by atoms with Crippen LogP contribution in [0.25, 0.3) is 21.9 Å². The summed E-state index contributed by atoms with van der Waals surface area (Å²) in [5.74, 6) is 0. The van der Waals surface area contributed by atoms with Gasteiger partial charge in [0.05, 0.1) is 0 Å². The third kappa shape index (κ3) is 1.86. The van der Waals surface area contributed by atoms with Crippen molar-refractivity contribution >= 4 is 10.8 Å². The van der Waals surface area contributed by atoms with E-state index < -0.39 is 0 Å². The van der Waals surface area contributed by atoms with Gasteiger partial charge in [-0.25, -0.2) is 0 Å². The molecule has 0 heteroatoms. The summed E-state index contributed by atoms with van der Waals surface area (Å²) in [6.07, 6.45) is 6.74. The van der Waals surface area contributed by atoms with E-state index in [1.165, 1.54) is 65.1 Å². The van der Waals surface area contributed by atoms with Gasteiger partial charge in [0, 0.05) is 5.41 Å². The van der Waals surface area contributed by atoms with Crippen LogP contribution in [0.2, 0.25) is 0 Å². The quantitative estimate of drug-likeness (QED) is 0.434. The van der Waals surface area contributed by atoms with Gasteiger partial charge in [0.25, 0.3) is 0 Å². The van der Waals surface area contributed by atoms with Crippen LogP contribution in [-0.2, 0) is 5.41 Å². The van der Waals surface area contributed by atoms with Crippen LogP contribution in [0.3, 0.4) is 0 Å². The van der Waals surface area contributed by atoms with Crippen LogP contribution in [-0.4, -0.2) is 0 Å². The number of hydrogen-bond donors (Lipinski definition) is 0. The lowest BCUT2D eigenvalue weighted by molar-refractivity contribution is 0.353. The van der Waals surface area contributed by atoms with E-state index in [0.717, 1.165) is 0 Å². The first-order chi connectivity index (χ1) is 11.7. The molecule has 0 amide bonds. The van der Waals surface area contributed by atoms with E-state index in [9.17, 15) is 0 Å². The van der Waals surface area contributed by atoms with Crippen molar-refractivity contribution < 1.29 is 0 Å². The van der Waals surface area contributed by atoms with E-state index in [0.29, 0.717) is 0 Å². The molecule has 0 heterocycles. The molecule has 5 rings (SSSR count).